The van der Waals surface area contributed by atoms with Gasteiger partial charge in [0.05, 0.1) is 22.5 Å². The van der Waals surface area contributed by atoms with Crippen molar-refractivity contribution in [2.45, 2.75) is 0 Å². The molecule has 1 aromatic carbocycles. The third-order valence-electron chi connectivity index (χ3n) is 3.30. The maximum absolute atomic E-state index is 10.7. The number of hydrogen-bond donors (Lipinski definition) is 0. The Morgan fingerprint density at radius 2 is 2.12 bits per heavy atom. The summed E-state index contributed by atoms with van der Waals surface area (Å²) in [5.41, 5.74) is 1.89. The standard InChI is InChI=1S/C18H11N3O3S/c19-11-14(3-1-4-16-5-2-10-24-16)18-20-17(12-25-18)13-6-8-15(9-7-13)21(22)23/h1-10,12H/b4-1+,14-3+. The van der Waals surface area contributed by atoms with E-state index >= 15 is 0 Å². The summed E-state index contributed by atoms with van der Waals surface area (Å²) >= 11 is 1.34. The first-order valence-electron chi connectivity index (χ1n) is 7.20. The molecule has 0 saturated carbocycles. The smallest absolute Gasteiger partial charge is 0.269 e. The minimum absolute atomic E-state index is 0.0277. The molecule has 122 valence electrons. The summed E-state index contributed by atoms with van der Waals surface area (Å²) in [4.78, 5) is 14.7. The number of non-ortho nitro benzene ring substituents is 1. The fraction of sp³-hybridized carbons (Fsp3) is 0. The molecule has 0 aliphatic heterocycles. The Morgan fingerprint density at radius 1 is 1.32 bits per heavy atom. The number of nitro groups is 1. The highest BCUT2D eigenvalue weighted by atomic mass is 32.1. The second-order valence-corrected chi connectivity index (χ2v) is 5.77. The number of allylic oxidation sites excluding steroid dienone is 3. The van der Waals surface area contributed by atoms with Crippen LogP contribution in [0, 0.1) is 21.4 Å². The van der Waals surface area contributed by atoms with Crippen LogP contribution in [0.4, 0.5) is 5.69 Å². The number of nitro benzene ring substituents is 1. The molecule has 3 rings (SSSR count). The predicted octanol–water partition coefficient (Wildman–Crippen LogP) is 4.93. The molecule has 0 radical (unpaired) electrons. The van der Waals surface area contributed by atoms with Crippen LogP contribution in [0.1, 0.15) is 10.8 Å². The third-order valence-corrected chi connectivity index (χ3v) is 4.17. The minimum atomic E-state index is -0.446. The molecule has 0 N–H and O–H groups in total. The summed E-state index contributed by atoms with van der Waals surface area (Å²) < 4.78 is 5.18. The van der Waals surface area contributed by atoms with Crippen molar-refractivity contribution in [3.8, 4) is 17.3 Å². The number of nitrogens with zero attached hydrogens (tertiary/aromatic N) is 3. The van der Waals surface area contributed by atoms with Crippen LogP contribution in [-0.4, -0.2) is 9.91 Å². The van der Waals surface area contributed by atoms with Gasteiger partial charge in [0.15, 0.2) is 0 Å². The molecule has 25 heavy (non-hydrogen) atoms. The highest BCUT2D eigenvalue weighted by Crippen LogP contribution is 2.27. The summed E-state index contributed by atoms with van der Waals surface area (Å²) in [6.07, 6.45) is 6.72. The Bertz CT molecular complexity index is 978. The van der Waals surface area contributed by atoms with Gasteiger partial charge in [-0.2, -0.15) is 5.26 Å². The highest BCUT2D eigenvalue weighted by molar-refractivity contribution is 7.11. The molecule has 0 fully saturated rings. The van der Waals surface area contributed by atoms with Crippen LogP contribution in [0.15, 0.2) is 64.6 Å². The predicted molar refractivity (Wildman–Crippen MR) is 95.5 cm³/mol. The van der Waals surface area contributed by atoms with Gasteiger partial charge in [-0.25, -0.2) is 4.98 Å². The number of rotatable bonds is 5. The number of hydrogen-bond acceptors (Lipinski definition) is 6. The molecule has 3 aromatic rings. The van der Waals surface area contributed by atoms with E-state index in [2.05, 4.69) is 11.1 Å². The van der Waals surface area contributed by atoms with E-state index in [1.165, 1.54) is 23.5 Å². The molecular formula is C18H11N3O3S. The third kappa shape index (κ3) is 3.88. The van der Waals surface area contributed by atoms with Gasteiger partial charge >= 0.3 is 0 Å². The number of nitriles is 1. The zero-order valence-electron chi connectivity index (χ0n) is 12.8. The Labute approximate surface area is 147 Å². The van der Waals surface area contributed by atoms with Gasteiger partial charge in [0, 0.05) is 23.1 Å². The maximum atomic E-state index is 10.7. The molecular weight excluding hydrogens is 338 g/mol. The van der Waals surface area contributed by atoms with E-state index in [1.807, 2.05) is 11.4 Å². The molecule has 7 heteroatoms. The van der Waals surface area contributed by atoms with Crippen LogP contribution < -0.4 is 0 Å². The largest absolute Gasteiger partial charge is 0.465 e. The van der Waals surface area contributed by atoms with E-state index in [4.69, 9.17) is 4.42 Å². The number of aromatic nitrogens is 1. The molecule has 0 unspecified atom stereocenters. The number of furan rings is 1. The van der Waals surface area contributed by atoms with Crippen LogP contribution in [0.2, 0.25) is 0 Å². The monoisotopic (exact) mass is 349 g/mol. The first kappa shape index (κ1) is 16.4. The lowest BCUT2D eigenvalue weighted by Crippen LogP contribution is -1.87. The molecule has 2 aromatic heterocycles. The lowest BCUT2D eigenvalue weighted by molar-refractivity contribution is -0.384. The van der Waals surface area contributed by atoms with E-state index in [0.29, 0.717) is 22.0 Å². The molecule has 0 atom stereocenters. The number of benzene rings is 1. The second kappa shape index (κ2) is 7.38. The molecule has 0 amide bonds. The van der Waals surface area contributed by atoms with Crippen LogP contribution >= 0.6 is 11.3 Å². The molecule has 0 bridgehead atoms. The van der Waals surface area contributed by atoms with E-state index in [1.54, 1.807) is 42.7 Å². The summed E-state index contributed by atoms with van der Waals surface area (Å²) in [6, 6.07) is 11.9. The SMILES string of the molecule is N#C/C(=C\C=C\c1ccco1)c1nc(-c2ccc([N+](=O)[O-])cc2)cs1. The first-order chi connectivity index (χ1) is 12.2. The zero-order valence-corrected chi connectivity index (χ0v) is 13.6. The normalized spacial score (nSPS) is 11.6. The summed E-state index contributed by atoms with van der Waals surface area (Å²) in [7, 11) is 0. The van der Waals surface area contributed by atoms with Crippen molar-refractivity contribution in [3.63, 3.8) is 0 Å². The van der Waals surface area contributed by atoms with Gasteiger partial charge in [-0.05, 0) is 36.4 Å². The van der Waals surface area contributed by atoms with Crippen LogP contribution in [0.25, 0.3) is 22.9 Å². The average Bonchev–Trinajstić information content (AvgIpc) is 3.31. The van der Waals surface area contributed by atoms with Crippen molar-refractivity contribution >= 4 is 28.7 Å². The molecule has 0 saturated heterocycles. The van der Waals surface area contributed by atoms with Gasteiger partial charge in [0.25, 0.3) is 5.69 Å². The average molecular weight is 349 g/mol. The van der Waals surface area contributed by atoms with Crippen molar-refractivity contribution in [2.75, 3.05) is 0 Å². The van der Waals surface area contributed by atoms with Gasteiger partial charge in [-0.15, -0.1) is 11.3 Å². The summed E-state index contributed by atoms with van der Waals surface area (Å²) in [6.45, 7) is 0. The van der Waals surface area contributed by atoms with Crippen molar-refractivity contribution in [2.24, 2.45) is 0 Å². The summed E-state index contributed by atoms with van der Waals surface area (Å²) in [5, 5.41) is 22.4. The number of thiazole rings is 1. The molecule has 0 spiro atoms. The Balaban J connectivity index is 1.81. The van der Waals surface area contributed by atoms with Gasteiger partial charge < -0.3 is 4.42 Å². The van der Waals surface area contributed by atoms with Gasteiger partial charge in [0.2, 0.25) is 0 Å². The molecule has 2 heterocycles. The van der Waals surface area contributed by atoms with E-state index in [-0.39, 0.29) is 5.69 Å². The Kier molecular flexibility index (Phi) is 4.83. The van der Waals surface area contributed by atoms with Crippen molar-refractivity contribution < 1.29 is 9.34 Å². The first-order valence-corrected chi connectivity index (χ1v) is 8.08. The van der Waals surface area contributed by atoms with Gasteiger partial charge in [-0.1, -0.05) is 6.08 Å². The Hall–Kier alpha value is -3.50. The lowest BCUT2D eigenvalue weighted by atomic mass is 10.1. The zero-order chi connectivity index (χ0) is 17.6. The fourth-order valence-electron chi connectivity index (χ4n) is 2.07. The Morgan fingerprint density at radius 3 is 2.76 bits per heavy atom. The van der Waals surface area contributed by atoms with E-state index in [0.717, 1.165) is 5.56 Å². The molecule has 0 aliphatic rings. The van der Waals surface area contributed by atoms with Gasteiger partial charge in [-0.3, -0.25) is 10.1 Å². The van der Waals surface area contributed by atoms with E-state index in [9.17, 15) is 15.4 Å². The quantitative estimate of drug-likeness (QED) is 0.282. The maximum Gasteiger partial charge on any atom is 0.269 e. The summed E-state index contributed by atoms with van der Waals surface area (Å²) in [5.74, 6) is 0.694. The van der Waals surface area contributed by atoms with Gasteiger partial charge in [0.1, 0.15) is 16.8 Å². The van der Waals surface area contributed by atoms with Crippen molar-refractivity contribution in [1.29, 1.82) is 5.26 Å². The fourth-order valence-corrected chi connectivity index (χ4v) is 2.87. The topological polar surface area (TPSA) is 93.0 Å². The van der Waals surface area contributed by atoms with Crippen LogP contribution in [0.5, 0.6) is 0 Å². The van der Waals surface area contributed by atoms with Crippen molar-refractivity contribution in [1.82, 2.24) is 4.98 Å². The van der Waals surface area contributed by atoms with Crippen LogP contribution in [0.3, 0.4) is 0 Å². The molecule has 0 aliphatic carbocycles. The van der Waals surface area contributed by atoms with Crippen molar-refractivity contribution in [3.05, 3.63) is 81.1 Å². The van der Waals surface area contributed by atoms with E-state index < -0.39 is 4.92 Å². The highest BCUT2D eigenvalue weighted by Gasteiger charge is 2.10. The second-order valence-electron chi connectivity index (χ2n) is 4.91. The lowest BCUT2D eigenvalue weighted by Gasteiger charge is -1.96. The molecule has 6 nitrogen and oxygen atoms in total. The minimum Gasteiger partial charge on any atom is -0.465 e. The van der Waals surface area contributed by atoms with Crippen LogP contribution in [-0.2, 0) is 0 Å².